The van der Waals surface area contributed by atoms with Crippen molar-refractivity contribution in [3.63, 3.8) is 0 Å². The number of benzene rings is 3. The molecule has 3 aromatic rings. The van der Waals surface area contributed by atoms with Crippen molar-refractivity contribution in [3.8, 4) is 0 Å². The molecule has 0 unspecified atom stereocenters. The van der Waals surface area contributed by atoms with Gasteiger partial charge in [0.2, 0.25) is 5.91 Å². The third-order valence-corrected chi connectivity index (χ3v) is 7.56. The van der Waals surface area contributed by atoms with E-state index in [1.807, 2.05) is 29.2 Å². The first kappa shape index (κ1) is 30.8. The van der Waals surface area contributed by atoms with Gasteiger partial charge >= 0.3 is 12.4 Å². The lowest BCUT2D eigenvalue weighted by Crippen LogP contribution is -2.41. The predicted octanol–water partition coefficient (Wildman–Crippen LogP) is 6.82. The normalized spacial score (nSPS) is 15.0. The van der Waals surface area contributed by atoms with Crippen LogP contribution in [0, 0.1) is 5.92 Å². The van der Waals surface area contributed by atoms with E-state index in [9.17, 15) is 31.1 Å². The van der Waals surface area contributed by atoms with Crippen LogP contribution in [0.1, 0.15) is 47.9 Å². The molecule has 10 heteroatoms. The third-order valence-electron chi connectivity index (χ3n) is 7.56. The average molecular weight is 580 g/mol. The maximum absolute atomic E-state index is 13.0. The smallest absolute Gasteiger partial charge is 0.342 e. The van der Waals surface area contributed by atoms with Gasteiger partial charge in [0.05, 0.1) is 17.5 Å². The van der Waals surface area contributed by atoms with Crippen molar-refractivity contribution < 1.29 is 31.1 Å². The number of nitrogens with zero attached hydrogens (tertiary/aromatic N) is 1. The van der Waals surface area contributed by atoms with Crippen LogP contribution in [0.5, 0.6) is 0 Å². The SMILES string of the molecule is O=C(Cc1cccc2ccccc12)N1CCC(CNCCCCNCc2cc(C(F)(F)F)cc(C(F)(F)F)c2)CC1. The van der Waals surface area contributed by atoms with E-state index in [1.165, 1.54) is 0 Å². The van der Waals surface area contributed by atoms with Gasteiger partial charge in [-0.3, -0.25) is 4.79 Å². The maximum Gasteiger partial charge on any atom is 0.416 e. The van der Waals surface area contributed by atoms with Crippen LogP contribution in [0.15, 0.2) is 60.7 Å². The highest BCUT2D eigenvalue weighted by molar-refractivity contribution is 5.90. The number of unbranched alkanes of at least 4 members (excludes halogenated alkanes) is 1. The Morgan fingerprint density at radius 1 is 0.805 bits per heavy atom. The standard InChI is InChI=1S/C31H35F6N3O/c32-30(33,34)26-16-23(17-27(19-26)31(35,36)37)21-39-13-4-3-12-38-20-22-10-14-40(15-11-22)29(41)18-25-8-5-7-24-6-1-2-9-28(24)25/h1-2,5-9,16-17,19,22,38-39H,3-4,10-15,18,20-21H2. The van der Waals surface area contributed by atoms with Crippen molar-refractivity contribution in [2.75, 3.05) is 32.7 Å². The molecule has 0 spiro atoms. The number of rotatable bonds is 11. The van der Waals surface area contributed by atoms with E-state index in [2.05, 4.69) is 28.8 Å². The summed E-state index contributed by atoms with van der Waals surface area (Å²) >= 11 is 0. The Morgan fingerprint density at radius 2 is 1.41 bits per heavy atom. The van der Waals surface area contributed by atoms with Gasteiger partial charge in [-0.2, -0.15) is 26.3 Å². The molecule has 0 saturated carbocycles. The number of carbonyl (C=O) groups excluding carboxylic acids is 1. The Balaban J connectivity index is 1.10. The highest BCUT2D eigenvalue weighted by Crippen LogP contribution is 2.36. The van der Waals surface area contributed by atoms with Crippen LogP contribution in [-0.2, 0) is 30.1 Å². The van der Waals surface area contributed by atoms with Gasteiger partial charge in [-0.05, 0) is 91.3 Å². The molecule has 0 aliphatic carbocycles. The number of likely N-dealkylation sites (tertiary alicyclic amines) is 1. The summed E-state index contributed by atoms with van der Waals surface area (Å²) in [5, 5.41) is 8.62. The van der Waals surface area contributed by atoms with Gasteiger partial charge in [-0.1, -0.05) is 42.5 Å². The monoisotopic (exact) mass is 579 g/mol. The highest BCUT2D eigenvalue weighted by atomic mass is 19.4. The lowest BCUT2D eigenvalue weighted by Gasteiger charge is -2.32. The van der Waals surface area contributed by atoms with Crippen molar-refractivity contribution in [3.05, 3.63) is 82.9 Å². The number of hydrogen-bond donors (Lipinski definition) is 2. The molecule has 1 aliphatic rings. The molecule has 1 fully saturated rings. The van der Waals surface area contributed by atoms with Crippen molar-refractivity contribution in [2.24, 2.45) is 5.92 Å². The summed E-state index contributed by atoms with van der Waals surface area (Å²) in [4.78, 5) is 14.9. The number of hydrogen-bond acceptors (Lipinski definition) is 3. The highest BCUT2D eigenvalue weighted by Gasteiger charge is 2.36. The van der Waals surface area contributed by atoms with Gasteiger partial charge in [-0.15, -0.1) is 0 Å². The minimum absolute atomic E-state index is 0.0489. The second-order valence-electron chi connectivity index (χ2n) is 10.6. The summed E-state index contributed by atoms with van der Waals surface area (Å²) in [6.45, 7) is 3.51. The van der Waals surface area contributed by atoms with Gasteiger partial charge in [0.1, 0.15) is 0 Å². The number of alkyl halides is 6. The second-order valence-corrected chi connectivity index (χ2v) is 10.6. The van der Waals surface area contributed by atoms with E-state index in [0.717, 1.165) is 80.3 Å². The summed E-state index contributed by atoms with van der Waals surface area (Å²) in [5.41, 5.74) is -1.60. The summed E-state index contributed by atoms with van der Waals surface area (Å²) in [6, 6.07) is 15.8. The molecule has 2 N–H and O–H groups in total. The zero-order valence-corrected chi connectivity index (χ0v) is 22.8. The van der Waals surface area contributed by atoms with Crippen LogP contribution >= 0.6 is 0 Å². The molecule has 4 nitrogen and oxygen atoms in total. The largest absolute Gasteiger partial charge is 0.416 e. The molecule has 41 heavy (non-hydrogen) atoms. The Hall–Kier alpha value is -3.11. The fraction of sp³-hybridized carbons (Fsp3) is 0.452. The molecule has 3 aromatic carbocycles. The molecule has 0 bridgehead atoms. The topological polar surface area (TPSA) is 44.4 Å². The average Bonchev–Trinajstić information content (AvgIpc) is 2.94. The molecule has 0 radical (unpaired) electrons. The van der Waals surface area contributed by atoms with Crippen LogP contribution < -0.4 is 10.6 Å². The Bertz CT molecular complexity index is 1260. The van der Waals surface area contributed by atoms with Crippen molar-refractivity contribution in [1.82, 2.24) is 15.5 Å². The fourth-order valence-corrected chi connectivity index (χ4v) is 5.27. The van der Waals surface area contributed by atoms with Crippen LogP contribution in [0.3, 0.4) is 0 Å². The summed E-state index contributed by atoms with van der Waals surface area (Å²) < 4.78 is 78.0. The van der Waals surface area contributed by atoms with E-state index in [1.54, 1.807) is 0 Å². The molecular formula is C31H35F6N3O. The minimum atomic E-state index is -4.84. The van der Waals surface area contributed by atoms with Crippen LogP contribution in [-0.4, -0.2) is 43.5 Å². The number of carbonyl (C=O) groups is 1. The van der Waals surface area contributed by atoms with Crippen molar-refractivity contribution in [1.29, 1.82) is 0 Å². The lowest BCUT2D eigenvalue weighted by atomic mass is 9.95. The first-order valence-electron chi connectivity index (χ1n) is 13.9. The fourth-order valence-electron chi connectivity index (χ4n) is 5.27. The molecule has 1 aliphatic heterocycles. The molecule has 4 rings (SSSR count). The van der Waals surface area contributed by atoms with Crippen LogP contribution in [0.25, 0.3) is 10.8 Å². The van der Waals surface area contributed by atoms with E-state index in [4.69, 9.17) is 0 Å². The van der Waals surface area contributed by atoms with E-state index in [-0.39, 0.29) is 24.1 Å². The first-order valence-corrected chi connectivity index (χ1v) is 13.9. The lowest BCUT2D eigenvalue weighted by molar-refractivity contribution is -0.143. The number of piperidine rings is 1. The molecule has 0 atom stereocenters. The van der Waals surface area contributed by atoms with Crippen LogP contribution in [0.2, 0.25) is 0 Å². The van der Waals surface area contributed by atoms with E-state index >= 15 is 0 Å². The third kappa shape index (κ3) is 8.94. The Morgan fingerprint density at radius 3 is 2.07 bits per heavy atom. The molecule has 1 heterocycles. The van der Waals surface area contributed by atoms with Crippen molar-refractivity contribution >= 4 is 16.7 Å². The summed E-state index contributed by atoms with van der Waals surface area (Å²) in [7, 11) is 0. The van der Waals surface area contributed by atoms with Gasteiger partial charge in [0, 0.05) is 19.6 Å². The maximum atomic E-state index is 13.0. The van der Waals surface area contributed by atoms with Gasteiger partial charge in [0.25, 0.3) is 0 Å². The summed E-state index contributed by atoms with van der Waals surface area (Å²) in [6.07, 6.45) is -5.85. The Labute approximate surface area is 236 Å². The molecule has 0 aromatic heterocycles. The molecule has 222 valence electrons. The Kier molecular flexibility index (Phi) is 10.3. The van der Waals surface area contributed by atoms with Gasteiger partial charge in [-0.25, -0.2) is 0 Å². The quantitative estimate of drug-likeness (QED) is 0.194. The zero-order valence-electron chi connectivity index (χ0n) is 22.8. The first-order chi connectivity index (χ1) is 19.5. The zero-order chi connectivity index (χ0) is 29.5. The molecule has 1 saturated heterocycles. The number of amides is 1. The van der Waals surface area contributed by atoms with Crippen LogP contribution in [0.4, 0.5) is 26.3 Å². The predicted molar refractivity (Wildman–Crippen MR) is 147 cm³/mol. The number of halogens is 6. The number of fused-ring (bicyclic) bond motifs is 1. The van der Waals surface area contributed by atoms with Crippen molar-refractivity contribution in [2.45, 2.75) is 51.0 Å². The van der Waals surface area contributed by atoms with Gasteiger partial charge in [0.15, 0.2) is 0 Å². The van der Waals surface area contributed by atoms with Gasteiger partial charge < -0.3 is 15.5 Å². The second kappa shape index (κ2) is 13.7. The number of nitrogens with one attached hydrogen (secondary N) is 2. The van der Waals surface area contributed by atoms with E-state index < -0.39 is 23.5 Å². The molecular weight excluding hydrogens is 544 g/mol. The minimum Gasteiger partial charge on any atom is -0.342 e. The van der Waals surface area contributed by atoms with E-state index in [0.29, 0.717) is 18.9 Å². The molecule has 1 amide bonds. The summed E-state index contributed by atoms with van der Waals surface area (Å²) in [5.74, 6) is 0.637.